The molecule has 0 bridgehead atoms. The Labute approximate surface area is 193 Å². The van der Waals surface area contributed by atoms with Gasteiger partial charge in [-0.05, 0) is 38.8 Å². The van der Waals surface area contributed by atoms with E-state index in [2.05, 4.69) is 4.90 Å². The molecule has 5 rings (SSSR count). The zero-order valence-corrected chi connectivity index (χ0v) is 18.5. The van der Waals surface area contributed by atoms with Crippen molar-refractivity contribution in [3.63, 3.8) is 0 Å². The van der Waals surface area contributed by atoms with Gasteiger partial charge >= 0.3 is 0 Å². The molecule has 1 aromatic carbocycles. The average molecular weight is 463 g/mol. The van der Waals surface area contributed by atoms with E-state index in [9.17, 15) is 5.11 Å². The molecule has 2 saturated heterocycles. The molecule has 2 atom stereocenters. The van der Waals surface area contributed by atoms with Crippen LogP contribution in [0.15, 0.2) is 12.1 Å². The number of benzene rings is 1. The van der Waals surface area contributed by atoms with Crippen molar-refractivity contribution in [2.24, 2.45) is 11.1 Å². The third-order valence-corrected chi connectivity index (χ3v) is 7.29. The van der Waals surface area contributed by atoms with Gasteiger partial charge in [0.05, 0.1) is 35.7 Å². The van der Waals surface area contributed by atoms with Crippen molar-refractivity contribution in [3.8, 4) is 22.8 Å². The summed E-state index contributed by atoms with van der Waals surface area (Å²) in [4.78, 5) is 11.8. The number of fused-ring (bicyclic) bond motifs is 1. The molecule has 8 nitrogen and oxygen atoms in total. The van der Waals surface area contributed by atoms with Gasteiger partial charge in [0.1, 0.15) is 5.69 Å². The van der Waals surface area contributed by atoms with Crippen LogP contribution >= 0.6 is 11.6 Å². The Bertz CT molecular complexity index is 1010. The van der Waals surface area contributed by atoms with E-state index in [0.29, 0.717) is 40.1 Å². The average Bonchev–Trinajstić information content (AvgIpc) is 3.37. The van der Waals surface area contributed by atoms with Crippen molar-refractivity contribution in [1.82, 2.24) is 9.97 Å². The van der Waals surface area contributed by atoms with Crippen LogP contribution in [-0.2, 0) is 11.3 Å². The summed E-state index contributed by atoms with van der Waals surface area (Å²) in [5.41, 5.74) is 9.08. The number of aryl methyl sites for hydroxylation is 1. The first-order valence-electron chi connectivity index (χ1n) is 10.6. The van der Waals surface area contributed by atoms with Gasteiger partial charge in [-0.1, -0.05) is 19.0 Å². The first kappa shape index (κ1) is 23.0. The molecule has 3 N–H and O–H groups in total. The molecule has 2 fully saturated rings. The fraction of sp³-hybridized carbons (Fsp3) is 0.565. The summed E-state index contributed by atoms with van der Waals surface area (Å²) in [6.07, 6.45) is 1.95. The van der Waals surface area contributed by atoms with E-state index in [-0.39, 0.29) is 38.4 Å². The van der Waals surface area contributed by atoms with E-state index in [1.807, 2.05) is 26.0 Å². The second kappa shape index (κ2) is 8.67. The molecule has 2 aromatic rings. The number of nitrogens with two attached hydrogens (primary N) is 1. The van der Waals surface area contributed by atoms with Crippen LogP contribution in [0.1, 0.15) is 38.6 Å². The maximum Gasteiger partial charge on any atom is 0.231 e. The third kappa shape index (κ3) is 3.59. The van der Waals surface area contributed by atoms with Crippen LogP contribution in [0, 0.1) is 12.3 Å². The molecule has 32 heavy (non-hydrogen) atoms. The first-order chi connectivity index (χ1) is 14.9. The molecule has 0 saturated carbocycles. The highest BCUT2D eigenvalue weighted by Gasteiger charge is 2.47. The van der Waals surface area contributed by atoms with Crippen LogP contribution < -0.4 is 20.1 Å². The van der Waals surface area contributed by atoms with Crippen molar-refractivity contribution in [2.45, 2.75) is 52.9 Å². The standard InChI is InChI=1S/C22H27ClN4O4.CH4/c1-12-18(14-3-4-16-19(17(14)23)31-11-30-16)26-15(9-28)21(25-12)27-7-5-22(6-8-27)10-29-13(2)20(22)24;/h3-4,13,20,28H,5-11,24H2,1-2H3;1H4/t13-,20+;/m0./s1. The topological polar surface area (TPSA) is 103 Å². The molecule has 4 heterocycles. The lowest BCUT2D eigenvalue weighted by molar-refractivity contribution is 0.0973. The number of piperidine rings is 1. The summed E-state index contributed by atoms with van der Waals surface area (Å²) in [5.74, 6) is 1.85. The van der Waals surface area contributed by atoms with E-state index in [1.54, 1.807) is 0 Å². The second-order valence-electron chi connectivity index (χ2n) is 8.64. The largest absolute Gasteiger partial charge is 0.454 e. The van der Waals surface area contributed by atoms with Gasteiger partial charge in [0, 0.05) is 30.1 Å². The number of aliphatic hydroxyl groups excluding tert-OH is 1. The van der Waals surface area contributed by atoms with Crippen LogP contribution in [0.3, 0.4) is 0 Å². The number of hydrogen-bond donors (Lipinski definition) is 2. The van der Waals surface area contributed by atoms with Crippen molar-refractivity contribution < 1.29 is 19.3 Å². The van der Waals surface area contributed by atoms with E-state index >= 15 is 0 Å². The molecule has 0 unspecified atom stereocenters. The Kier molecular flexibility index (Phi) is 6.24. The molecule has 0 aliphatic carbocycles. The Balaban J connectivity index is 0.00000245. The van der Waals surface area contributed by atoms with E-state index < -0.39 is 0 Å². The molecular formula is C23H31ClN4O4. The zero-order chi connectivity index (χ0) is 21.8. The van der Waals surface area contributed by atoms with Gasteiger partial charge in [0.25, 0.3) is 0 Å². The zero-order valence-electron chi connectivity index (χ0n) is 17.7. The van der Waals surface area contributed by atoms with Gasteiger partial charge in [-0.3, -0.25) is 0 Å². The van der Waals surface area contributed by atoms with Gasteiger partial charge in [-0.25, -0.2) is 9.97 Å². The number of anilines is 1. The van der Waals surface area contributed by atoms with Crippen molar-refractivity contribution in [1.29, 1.82) is 0 Å². The summed E-state index contributed by atoms with van der Waals surface area (Å²) in [5, 5.41) is 10.5. The number of nitrogens with zero attached hydrogens (tertiary/aromatic N) is 3. The maximum absolute atomic E-state index is 10.1. The lowest BCUT2D eigenvalue weighted by Crippen LogP contribution is -2.51. The van der Waals surface area contributed by atoms with Crippen molar-refractivity contribution >= 4 is 17.4 Å². The molecular weight excluding hydrogens is 432 g/mol. The fourth-order valence-electron chi connectivity index (χ4n) is 4.91. The van der Waals surface area contributed by atoms with E-state index in [1.165, 1.54) is 0 Å². The summed E-state index contributed by atoms with van der Waals surface area (Å²) < 4.78 is 16.7. The van der Waals surface area contributed by atoms with Crippen LogP contribution in [0.4, 0.5) is 5.82 Å². The second-order valence-corrected chi connectivity index (χ2v) is 9.02. The third-order valence-electron chi connectivity index (χ3n) is 6.91. The number of aliphatic hydroxyl groups is 1. The lowest BCUT2D eigenvalue weighted by atomic mass is 9.73. The molecule has 3 aliphatic rings. The number of halogens is 1. The molecule has 9 heteroatoms. The maximum atomic E-state index is 10.1. The predicted molar refractivity (Wildman–Crippen MR) is 123 cm³/mol. The van der Waals surface area contributed by atoms with Gasteiger partial charge < -0.3 is 30.0 Å². The SMILES string of the molecule is C.Cc1nc(N2CCC3(CC2)CO[C@@H](C)[C@H]3N)c(CO)nc1-c1ccc2c(c1Cl)OCO2. The Morgan fingerprint density at radius 1 is 1.25 bits per heavy atom. The summed E-state index contributed by atoms with van der Waals surface area (Å²) in [7, 11) is 0. The minimum absolute atomic E-state index is 0. The van der Waals surface area contributed by atoms with E-state index in [4.69, 9.17) is 41.5 Å². The van der Waals surface area contributed by atoms with Crippen LogP contribution in [-0.4, -0.2) is 53.7 Å². The summed E-state index contributed by atoms with van der Waals surface area (Å²) in [6.45, 7) is 6.20. The number of hydrogen-bond acceptors (Lipinski definition) is 8. The normalized spacial score (nSPS) is 23.5. The van der Waals surface area contributed by atoms with E-state index in [0.717, 1.165) is 37.4 Å². The van der Waals surface area contributed by atoms with Crippen LogP contribution in [0.5, 0.6) is 11.5 Å². The molecule has 0 radical (unpaired) electrons. The molecule has 0 amide bonds. The first-order valence-corrected chi connectivity index (χ1v) is 11.0. The van der Waals surface area contributed by atoms with Gasteiger partial charge in [0.2, 0.25) is 6.79 Å². The molecule has 174 valence electrons. The monoisotopic (exact) mass is 462 g/mol. The Morgan fingerprint density at radius 2 is 2.00 bits per heavy atom. The summed E-state index contributed by atoms with van der Waals surface area (Å²) in [6, 6.07) is 3.71. The minimum Gasteiger partial charge on any atom is -0.454 e. The van der Waals surface area contributed by atoms with Gasteiger partial charge in [-0.2, -0.15) is 0 Å². The van der Waals surface area contributed by atoms with Crippen molar-refractivity contribution in [3.05, 3.63) is 28.5 Å². The van der Waals surface area contributed by atoms with Crippen LogP contribution in [0.2, 0.25) is 5.02 Å². The lowest BCUT2D eigenvalue weighted by Gasteiger charge is -2.42. The van der Waals surface area contributed by atoms with Gasteiger partial charge in [-0.15, -0.1) is 0 Å². The van der Waals surface area contributed by atoms with Crippen molar-refractivity contribution in [2.75, 3.05) is 31.4 Å². The summed E-state index contributed by atoms with van der Waals surface area (Å²) >= 11 is 6.57. The smallest absolute Gasteiger partial charge is 0.231 e. The highest BCUT2D eigenvalue weighted by Crippen LogP contribution is 2.45. The number of ether oxygens (including phenoxy) is 3. The molecule has 1 aromatic heterocycles. The quantitative estimate of drug-likeness (QED) is 0.716. The Hall–Kier alpha value is -2.13. The highest BCUT2D eigenvalue weighted by atomic mass is 35.5. The number of rotatable bonds is 3. The molecule has 1 spiro atoms. The Morgan fingerprint density at radius 3 is 2.66 bits per heavy atom. The number of aromatic nitrogens is 2. The minimum atomic E-state index is -0.209. The predicted octanol–water partition coefficient (Wildman–Crippen LogP) is 3.30. The van der Waals surface area contributed by atoms with Gasteiger partial charge in [0.15, 0.2) is 17.3 Å². The van der Waals surface area contributed by atoms with Crippen LogP contribution in [0.25, 0.3) is 11.3 Å². The highest BCUT2D eigenvalue weighted by molar-refractivity contribution is 6.35. The molecule has 3 aliphatic heterocycles. The fourth-order valence-corrected chi connectivity index (χ4v) is 5.21.